The molecule has 0 unspecified atom stereocenters. The Labute approximate surface area is 188 Å². The van der Waals surface area contributed by atoms with Gasteiger partial charge in [-0.1, -0.05) is 12.8 Å². The van der Waals surface area contributed by atoms with Crippen LogP contribution in [0.3, 0.4) is 0 Å². The number of piperidine rings is 1. The van der Waals surface area contributed by atoms with Crippen LogP contribution in [0.4, 0.5) is 0 Å². The highest BCUT2D eigenvalue weighted by atomic mass is 32.2. The lowest BCUT2D eigenvalue weighted by molar-refractivity contribution is -0.140. The smallest absolute Gasteiger partial charge is 0.254 e. The van der Waals surface area contributed by atoms with Crippen LogP contribution in [0, 0.1) is 5.92 Å². The molecule has 3 aliphatic heterocycles. The number of hydrogen-bond donors (Lipinski definition) is 0. The highest BCUT2D eigenvalue weighted by Gasteiger charge is 2.35. The zero-order valence-electron chi connectivity index (χ0n) is 17.8. The average molecular weight is 470 g/mol. The normalized spacial score (nSPS) is 22.3. The molecule has 1 aromatic heterocycles. The van der Waals surface area contributed by atoms with Gasteiger partial charge in [0.15, 0.2) is 0 Å². The number of carbonyl (C=O) groups excluding carboxylic acids is 2. The van der Waals surface area contributed by atoms with E-state index in [4.69, 9.17) is 4.74 Å². The first-order valence-corrected chi connectivity index (χ1v) is 13.5. The maximum atomic E-state index is 13.1. The van der Waals surface area contributed by atoms with E-state index in [2.05, 4.69) is 0 Å². The first-order valence-electron chi connectivity index (χ1n) is 11.2. The van der Waals surface area contributed by atoms with E-state index in [1.807, 2.05) is 9.80 Å². The number of ether oxygens (including phenoxy) is 1. The molecule has 1 aromatic rings. The molecular formula is C21H31N3O5S2. The summed E-state index contributed by atoms with van der Waals surface area (Å²) in [5.74, 6) is -0.0933. The number of rotatable bonds is 4. The van der Waals surface area contributed by atoms with Gasteiger partial charge in [-0.15, -0.1) is 11.3 Å². The fourth-order valence-electron chi connectivity index (χ4n) is 4.53. The predicted molar refractivity (Wildman–Crippen MR) is 118 cm³/mol. The summed E-state index contributed by atoms with van der Waals surface area (Å²) in [5.41, 5.74) is 0.461. The zero-order valence-corrected chi connectivity index (χ0v) is 19.5. The third-order valence-electron chi connectivity index (χ3n) is 6.44. The molecule has 0 aliphatic carbocycles. The highest BCUT2D eigenvalue weighted by molar-refractivity contribution is 7.91. The zero-order chi connectivity index (χ0) is 21.8. The summed E-state index contributed by atoms with van der Waals surface area (Å²) < 4.78 is 33.2. The van der Waals surface area contributed by atoms with Crippen LogP contribution in [-0.2, 0) is 19.6 Å². The van der Waals surface area contributed by atoms with E-state index in [0.717, 1.165) is 50.1 Å². The topological polar surface area (TPSA) is 87.2 Å². The van der Waals surface area contributed by atoms with Gasteiger partial charge in [0.2, 0.25) is 5.91 Å². The van der Waals surface area contributed by atoms with Crippen LogP contribution in [0.5, 0.6) is 0 Å². The van der Waals surface area contributed by atoms with Gasteiger partial charge in [0.25, 0.3) is 15.9 Å². The van der Waals surface area contributed by atoms with Crippen LogP contribution < -0.4 is 0 Å². The molecule has 3 saturated heterocycles. The van der Waals surface area contributed by atoms with Crippen molar-refractivity contribution in [2.24, 2.45) is 5.92 Å². The van der Waals surface area contributed by atoms with Crippen molar-refractivity contribution in [3.8, 4) is 0 Å². The predicted octanol–water partition coefficient (Wildman–Crippen LogP) is 2.02. The maximum absolute atomic E-state index is 13.1. The first kappa shape index (κ1) is 22.7. The van der Waals surface area contributed by atoms with Gasteiger partial charge in [-0.05, 0) is 31.7 Å². The van der Waals surface area contributed by atoms with Gasteiger partial charge < -0.3 is 14.5 Å². The Hall–Kier alpha value is -1.49. The number of amides is 2. The van der Waals surface area contributed by atoms with E-state index in [1.165, 1.54) is 10.4 Å². The molecule has 0 saturated carbocycles. The Kier molecular flexibility index (Phi) is 7.30. The van der Waals surface area contributed by atoms with E-state index >= 15 is 0 Å². The van der Waals surface area contributed by atoms with Crippen molar-refractivity contribution < 1.29 is 22.7 Å². The van der Waals surface area contributed by atoms with Crippen LogP contribution >= 0.6 is 11.3 Å². The van der Waals surface area contributed by atoms with Crippen LogP contribution in [0.1, 0.15) is 48.9 Å². The summed E-state index contributed by atoms with van der Waals surface area (Å²) >= 11 is 1.11. The molecule has 0 N–H and O–H groups in total. The van der Waals surface area contributed by atoms with E-state index in [9.17, 15) is 18.0 Å². The Balaban J connectivity index is 1.37. The molecule has 4 heterocycles. The van der Waals surface area contributed by atoms with E-state index in [0.29, 0.717) is 57.8 Å². The van der Waals surface area contributed by atoms with E-state index < -0.39 is 10.0 Å². The molecule has 3 aliphatic rings. The summed E-state index contributed by atoms with van der Waals surface area (Å²) in [6.45, 7) is 4.49. The highest BCUT2D eigenvalue weighted by Crippen LogP contribution is 2.29. The molecule has 0 bridgehead atoms. The molecule has 172 valence electrons. The Morgan fingerprint density at radius 2 is 1.55 bits per heavy atom. The van der Waals surface area contributed by atoms with Gasteiger partial charge in [0, 0.05) is 50.6 Å². The number of sulfonamides is 1. The summed E-state index contributed by atoms with van der Waals surface area (Å²) in [5, 5.41) is 1.66. The standard InChI is InChI=1S/C21H31N3O5S2/c25-20(23-11-13-29-14-12-23)17-5-9-24(10-6-17)31(27,28)19-15-18(16-30-19)21(26)22-7-3-1-2-4-8-22/h15-17H,1-14H2. The third kappa shape index (κ3) is 5.13. The van der Waals surface area contributed by atoms with Crippen molar-refractivity contribution in [3.05, 3.63) is 17.0 Å². The first-order chi connectivity index (χ1) is 15.0. The van der Waals surface area contributed by atoms with Crippen LogP contribution in [-0.4, -0.2) is 86.8 Å². The quantitative estimate of drug-likeness (QED) is 0.673. The fourth-order valence-corrected chi connectivity index (χ4v) is 7.31. The van der Waals surface area contributed by atoms with Crippen molar-refractivity contribution in [2.45, 2.75) is 42.7 Å². The van der Waals surface area contributed by atoms with Gasteiger partial charge in [-0.25, -0.2) is 8.42 Å². The van der Waals surface area contributed by atoms with Crippen LogP contribution in [0.2, 0.25) is 0 Å². The largest absolute Gasteiger partial charge is 0.378 e. The second-order valence-electron chi connectivity index (χ2n) is 8.48. The third-order valence-corrected chi connectivity index (χ3v) is 9.75. The minimum Gasteiger partial charge on any atom is -0.378 e. The second kappa shape index (κ2) is 9.97. The maximum Gasteiger partial charge on any atom is 0.254 e. The number of hydrogen-bond acceptors (Lipinski definition) is 6. The number of likely N-dealkylation sites (tertiary alicyclic amines) is 1. The van der Waals surface area contributed by atoms with Gasteiger partial charge in [-0.2, -0.15) is 4.31 Å². The Bertz CT molecular complexity index is 879. The Morgan fingerprint density at radius 3 is 2.19 bits per heavy atom. The lowest BCUT2D eigenvalue weighted by atomic mass is 9.96. The van der Waals surface area contributed by atoms with Crippen LogP contribution in [0.15, 0.2) is 15.7 Å². The molecule has 0 spiro atoms. The summed E-state index contributed by atoms with van der Waals surface area (Å²) in [4.78, 5) is 29.2. The molecular weight excluding hydrogens is 438 g/mol. The average Bonchev–Trinajstić information content (AvgIpc) is 3.16. The van der Waals surface area contributed by atoms with Crippen molar-refractivity contribution in [3.63, 3.8) is 0 Å². The lowest BCUT2D eigenvalue weighted by Crippen LogP contribution is -2.47. The Morgan fingerprint density at radius 1 is 0.903 bits per heavy atom. The van der Waals surface area contributed by atoms with Gasteiger partial charge in [-0.3, -0.25) is 9.59 Å². The molecule has 10 heteroatoms. The van der Waals surface area contributed by atoms with E-state index in [1.54, 1.807) is 5.38 Å². The van der Waals surface area contributed by atoms with Crippen LogP contribution in [0.25, 0.3) is 0 Å². The molecule has 4 rings (SSSR count). The minimum absolute atomic E-state index is 0.0746. The summed E-state index contributed by atoms with van der Waals surface area (Å²) in [6.07, 6.45) is 5.33. The lowest BCUT2D eigenvalue weighted by Gasteiger charge is -2.34. The van der Waals surface area contributed by atoms with Gasteiger partial charge in [0.1, 0.15) is 4.21 Å². The van der Waals surface area contributed by atoms with Crippen molar-refractivity contribution in [2.75, 3.05) is 52.5 Å². The monoisotopic (exact) mass is 469 g/mol. The van der Waals surface area contributed by atoms with Crippen molar-refractivity contribution >= 4 is 33.2 Å². The van der Waals surface area contributed by atoms with Crippen molar-refractivity contribution in [1.82, 2.24) is 14.1 Å². The summed E-state index contributed by atoms with van der Waals surface area (Å²) in [7, 11) is -3.65. The molecule has 8 nitrogen and oxygen atoms in total. The van der Waals surface area contributed by atoms with Gasteiger partial charge >= 0.3 is 0 Å². The number of carbonyl (C=O) groups is 2. The minimum atomic E-state index is -3.65. The molecule has 0 aromatic carbocycles. The fraction of sp³-hybridized carbons (Fsp3) is 0.714. The van der Waals surface area contributed by atoms with Gasteiger partial charge in [0.05, 0.1) is 18.8 Å². The molecule has 31 heavy (non-hydrogen) atoms. The van der Waals surface area contributed by atoms with E-state index in [-0.39, 0.29) is 21.9 Å². The summed E-state index contributed by atoms with van der Waals surface area (Å²) in [6, 6.07) is 1.53. The molecule has 0 radical (unpaired) electrons. The number of nitrogens with zero attached hydrogens (tertiary/aromatic N) is 3. The SMILES string of the molecule is O=C(c1csc(S(=O)(=O)N2CCC(C(=O)N3CCOCC3)CC2)c1)N1CCCCCC1. The number of morpholine rings is 1. The molecule has 2 amide bonds. The molecule has 3 fully saturated rings. The van der Waals surface area contributed by atoms with Crippen molar-refractivity contribution in [1.29, 1.82) is 0 Å². The second-order valence-corrected chi connectivity index (χ2v) is 11.6. The molecule has 0 atom stereocenters. The number of thiophene rings is 1.